The summed E-state index contributed by atoms with van der Waals surface area (Å²) in [5, 5.41) is 0. The fourth-order valence-electron chi connectivity index (χ4n) is 3.51. The molecule has 0 aromatic heterocycles. The lowest BCUT2D eigenvalue weighted by atomic mass is 9.89. The summed E-state index contributed by atoms with van der Waals surface area (Å²) in [7, 11) is 0. The molecule has 2 amide bonds. The van der Waals surface area contributed by atoms with Crippen LogP contribution in [0.3, 0.4) is 0 Å². The molecule has 0 spiro atoms. The number of ether oxygens (including phenoxy) is 1. The minimum absolute atomic E-state index is 0.151. The van der Waals surface area contributed by atoms with Crippen molar-refractivity contribution in [2.24, 2.45) is 5.41 Å². The van der Waals surface area contributed by atoms with Crippen LogP contribution < -0.4 is 4.90 Å². The number of anilines is 1. The summed E-state index contributed by atoms with van der Waals surface area (Å²) in [5.74, 6) is -0.570. The predicted molar refractivity (Wildman–Crippen MR) is 96.4 cm³/mol. The first-order valence-corrected chi connectivity index (χ1v) is 9.07. The van der Waals surface area contributed by atoms with Crippen LogP contribution in [-0.2, 0) is 14.3 Å². The summed E-state index contributed by atoms with van der Waals surface area (Å²) in [6.45, 7) is 7.51. The van der Waals surface area contributed by atoms with Crippen molar-refractivity contribution in [2.45, 2.75) is 13.8 Å². The van der Waals surface area contributed by atoms with E-state index in [1.807, 2.05) is 4.90 Å². The molecule has 2 saturated heterocycles. The zero-order valence-electron chi connectivity index (χ0n) is 15.4. The number of hydrogen-bond acceptors (Lipinski definition) is 4. The third-order valence-electron chi connectivity index (χ3n) is 5.13. The first-order chi connectivity index (χ1) is 12.4. The topological polar surface area (TPSA) is 53.1 Å². The van der Waals surface area contributed by atoms with Gasteiger partial charge in [0, 0.05) is 39.3 Å². The molecule has 2 fully saturated rings. The normalized spacial score (nSPS) is 18.8. The van der Waals surface area contributed by atoms with Gasteiger partial charge in [-0.25, -0.2) is 4.39 Å². The molecule has 2 aliphatic rings. The Bertz CT molecular complexity index is 666. The van der Waals surface area contributed by atoms with Crippen LogP contribution in [0.25, 0.3) is 0 Å². The largest absolute Gasteiger partial charge is 0.378 e. The number of carbonyl (C=O) groups is 2. The van der Waals surface area contributed by atoms with Crippen LogP contribution in [-0.4, -0.2) is 74.1 Å². The number of para-hydroxylation sites is 1. The minimum atomic E-state index is -1.10. The molecule has 0 bridgehead atoms. The number of carbonyl (C=O) groups excluding carboxylic acids is 2. The molecule has 142 valence electrons. The first-order valence-electron chi connectivity index (χ1n) is 9.07. The molecule has 6 nitrogen and oxygen atoms in total. The van der Waals surface area contributed by atoms with Crippen LogP contribution in [0, 0.1) is 11.2 Å². The van der Waals surface area contributed by atoms with Crippen molar-refractivity contribution in [3.63, 3.8) is 0 Å². The maximum atomic E-state index is 13.9. The third kappa shape index (κ3) is 3.67. The Morgan fingerprint density at radius 2 is 1.46 bits per heavy atom. The summed E-state index contributed by atoms with van der Waals surface area (Å²) in [6.07, 6.45) is 0. The fourth-order valence-corrected chi connectivity index (χ4v) is 3.51. The Morgan fingerprint density at radius 1 is 0.923 bits per heavy atom. The second-order valence-electron chi connectivity index (χ2n) is 7.26. The number of hydrogen-bond donors (Lipinski definition) is 0. The lowest BCUT2D eigenvalue weighted by Gasteiger charge is -2.40. The molecule has 7 heteroatoms. The third-order valence-corrected chi connectivity index (χ3v) is 5.13. The van der Waals surface area contributed by atoms with E-state index in [0.717, 1.165) is 0 Å². The maximum absolute atomic E-state index is 13.9. The summed E-state index contributed by atoms with van der Waals surface area (Å²) in [6, 6.07) is 6.66. The zero-order chi connectivity index (χ0) is 18.7. The van der Waals surface area contributed by atoms with Crippen molar-refractivity contribution in [2.75, 3.05) is 57.4 Å². The molecule has 0 radical (unpaired) electrons. The van der Waals surface area contributed by atoms with Gasteiger partial charge in [0.25, 0.3) is 0 Å². The van der Waals surface area contributed by atoms with E-state index in [4.69, 9.17) is 4.74 Å². The lowest BCUT2D eigenvalue weighted by molar-refractivity contribution is -0.156. The summed E-state index contributed by atoms with van der Waals surface area (Å²) >= 11 is 0. The van der Waals surface area contributed by atoms with Crippen molar-refractivity contribution in [1.29, 1.82) is 0 Å². The molecular formula is C19H26FN3O3. The van der Waals surface area contributed by atoms with Crippen molar-refractivity contribution in [1.82, 2.24) is 9.80 Å². The van der Waals surface area contributed by atoms with Gasteiger partial charge in [0.2, 0.25) is 11.8 Å². The number of benzene rings is 1. The van der Waals surface area contributed by atoms with E-state index in [1.54, 1.807) is 41.8 Å². The summed E-state index contributed by atoms with van der Waals surface area (Å²) < 4.78 is 19.2. The number of rotatable bonds is 3. The van der Waals surface area contributed by atoms with Gasteiger partial charge < -0.3 is 19.4 Å². The molecule has 26 heavy (non-hydrogen) atoms. The number of piperazine rings is 1. The highest BCUT2D eigenvalue weighted by molar-refractivity contribution is 6.04. The van der Waals surface area contributed by atoms with Gasteiger partial charge in [-0.15, -0.1) is 0 Å². The van der Waals surface area contributed by atoms with Gasteiger partial charge in [0.1, 0.15) is 11.2 Å². The zero-order valence-corrected chi connectivity index (χ0v) is 15.4. The second kappa shape index (κ2) is 7.61. The Kier molecular flexibility index (Phi) is 5.46. The van der Waals surface area contributed by atoms with Gasteiger partial charge in [-0.3, -0.25) is 9.59 Å². The number of amides is 2. The van der Waals surface area contributed by atoms with Crippen molar-refractivity contribution in [3.05, 3.63) is 30.1 Å². The van der Waals surface area contributed by atoms with Gasteiger partial charge in [0.15, 0.2) is 0 Å². The molecule has 0 saturated carbocycles. The van der Waals surface area contributed by atoms with Gasteiger partial charge in [-0.2, -0.15) is 0 Å². The molecule has 0 aliphatic carbocycles. The molecule has 0 N–H and O–H groups in total. The molecule has 2 heterocycles. The van der Waals surface area contributed by atoms with Gasteiger partial charge in [0.05, 0.1) is 18.9 Å². The van der Waals surface area contributed by atoms with E-state index in [0.29, 0.717) is 58.2 Å². The Balaban J connectivity index is 1.62. The fraction of sp³-hybridized carbons (Fsp3) is 0.579. The van der Waals surface area contributed by atoms with E-state index < -0.39 is 5.41 Å². The highest BCUT2D eigenvalue weighted by atomic mass is 19.1. The quantitative estimate of drug-likeness (QED) is 0.761. The molecule has 1 aromatic carbocycles. The Labute approximate surface area is 153 Å². The van der Waals surface area contributed by atoms with E-state index in [1.165, 1.54) is 6.07 Å². The van der Waals surface area contributed by atoms with E-state index in [9.17, 15) is 14.0 Å². The number of nitrogens with zero attached hydrogens (tertiary/aromatic N) is 3. The van der Waals surface area contributed by atoms with Crippen LogP contribution in [0.15, 0.2) is 24.3 Å². The van der Waals surface area contributed by atoms with E-state index in [-0.39, 0.29) is 17.6 Å². The number of halogens is 1. The van der Waals surface area contributed by atoms with Crippen LogP contribution in [0.2, 0.25) is 0 Å². The number of morpholine rings is 1. The Morgan fingerprint density at radius 3 is 2.04 bits per heavy atom. The van der Waals surface area contributed by atoms with Crippen molar-refractivity contribution >= 4 is 17.5 Å². The molecule has 3 rings (SSSR count). The highest BCUT2D eigenvalue weighted by Crippen LogP contribution is 2.26. The van der Waals surface area contributed by atoms with Gasteiger partial charge >= 0.3 is 0 Å². The Hall–Kier alpha value is -2.15. The van der Waals surface area contributed by atoms with Crippen LogP contribution in [0.5, 0.6) is 0 Å². The SMILES string of the molecule is CC(C)(C(=O)N1CCOCC1)C(=O)N1CCN(c2ccccc2F)CC1. The lowest BCUT2D eigenvalue weighted by Crippen LogP contribution is -2.57. The maximum Gasteiger partial charge on any atom is 0.237 e. The van der Waals surface area contributed by atoms with Crippen molar-refractivity contribution < 1.29 is 18.7 Å². The molecule has 0 unspecified atom stereocenters. The molecule has 1 aromatic rings. The highest BCUT2D eigenvalue weighted by Gasteiger charge is 2.42. The predicted octanol–water partition coefficient (Wildman–Crippen LogP) is 1.36. The summed E-state index contributed by atoms with van der Waals surface area (Å²) in [4.78, 5) is 31.1. The monoisotopic (exact) mass is 363 g/mol. The van der Waals surface area contributed by atoms with E-state index in [2.05, 4.69) is 0 Å². The van der Waals surface area contributed by atoms with Crippen molar-refractivity contribution in [3.8, 4) is 0 Å². The smallest absolute Gasteiger partial charge is 0.237 e. The standard InChI is InChI=1S/C19H26FN3O3/c1-19(2,18(25)23-11-13-26-14-12-23)17(24)22-9-7-21(8-10-22)16-6-4-3-5-15(16)20/h3-6H,7-14H2,1-2H3. The minimum Gasteiger partial charge on any atom is -0.378 e. The van der Waals surface area contributed by atoms with Crippen LogP contribution in [0.4, 0.5) is 10.1 Å². The van der Waals surface area contributed by atoms with E-state index >= 15 is 0 Å². The average molecular weight is 363 g/mol. The van der Waals surface area contributed by atoms with Gasteiger partial charge in [-0.1, -0.05) is 12.1 Å². The molecule has 0 atom stereocenters. The summed E-state index contributed by atoms with van der Waals surface area (Å²) in [5.41, 5.74) is -0.541. The average Bonchev–Trinajstić information content (AvgIpc) is 2.68. The first kappa shape index (κ1) is 18.6. The van der Waals surface area contributed by atoms with Gasteiger partial charge in [-0.05, 0) is 26.0 Å². The van der Waals surface area contributed by atoms with Crippen LogP contribution >= 0.6 is 0 Å². The molecular weight excluding hydrogens is 337 g/mol. The van der Waals surface area contributed by atoms with Crippen LogP contribution in [0.1, 0.15) is 13.8 Å². The molecule has 2 aliphatic heterocycles. The second-order valence-corrected chi connectivity index (χ2v) is 7.26.